The number of benzene rings is 2. The Hall–Kier alpha value is -2.24. The van der Waals surface area contributed by atoms with Crippen molar-refractivity contribution in [2.24, 2.45) is 11.5 Å². The molecule has 0 radical (unpaired) electrons. The van der Waals surface area contributed by atoms with Crippen LogP contribution in [0.4, 0.5) is 5.69 Å². The first-order chi connectivity index (χ1) is 9.63. The lowest BCUT2D eigenvalue weighted by molar-refractivity contribution is 0.100. The minimum Gasteiger partial charge on any atom is -0.376 e. The van der Waals surface area contributed by atoms with Crippen molar-refractivity contribution < 1.29 is 4.79 Å². The number of thiocarbonyl (C=S) groups is 1. The van der Waals surface area contributed by atoms with E-state index in [0.717, 1.165) is 5.56 Å². The normalized spacial score (nSPS) is 10.1. The number of carbonyl (C=O) groups excluding carboxylic acids is 1. The molecule has 4 N–H and O–H groups in total. The molecule has 2 aromatic carbocycles. The second-order valence-corrected chi connectivity index (χ2v) is 4.63. The number of anilines is 1. The predicted octanol–water partition coefficient (Wildman–Crippen LogP) is 2.04. The molecule has 2 rings (SSSR count). The molecule has 102 valence electrons. The van der Waals surface area contributed by atoms with Gasteiger partial charge in [0.2, 0.25) is 0 Å². The molecule has 0 fully saturated rings. The summed E-state index contributed by atoms with van der Waals surface area (Å²) in [7, 11) is 0. The van der Waals surface area contributed by atoms with Gasteiger partial charge < -0.3 is 11.5 Å². The Bertz CT molecular complexity index is 611. The number of rotatable bonds is 3. The van der Waals surface area contributed by atoms with Crippen molar-refractivity contribution in [3.05, 3.63) is 65.7 Å². The second-order valence-electron chi connectivity index (χ2n) is 4.22. The molecule has 4 nitrogen and oxygen atoms in total. The van der Waals surface area contributed by atoms with E-state index in [0.29, 0.717) is 17.8 Å². The van der Waals surface area contributed by atoms with E-state index in [1.807, 2.05) is 18.2 Å². The summed E-state index contributed by atoms with van der Waals surface area (Å²) in [6.07, 6.45) is 0. The van der Waals surface area contributed by atoms with E-state index in [4.69, 9.17) is 23.7 Å². The average molecular weight is 285 g/mol. The number of nitrogens with zero attached hydrogens (tertiary/aromatic N) is 1. The van der Waals surface area contributed by atoms with Gasteiger partial charge in [0, 0.05) is 12.1 Å². The Morgan fingerprint density at radius 3 is 2.15 bits per heavy atom. The molecule has 0 unspecified atom stereocenters. The van der Waals surface area contributed by atoms with E-state index in [1.54, 1.807) is 36.4 Å². The van der Waals surface area contributed by atoms with E-state index < -0.39 is 0 Å². The Labute approximate surface area is 123 Å². The Morgan fingerprint density at radius 1 is 1.05 bits per heavy atom. The monoisotopic (exact) mass is 285 g/mol. The van der Waals surface area contributed by atoms with Crippen molar-refractivity contribution in [3.8, 4) is 0 Å². The topological polar surface area (TPSA) is 72.3 Å². The molecule has 0 atom stereocenters. The van der Waals surface area contributed by atoms with Gasteiger partial charge in [-0.1, -0.05) is 30.3 Å². The molecule has 0 heterocycles. The zero-order chi connectivity index (χ0) is 14.5. The molecule has 0 aliphatic carbocycles. The maximum Gasteiger partial charge on any atom is 0.264 e. The largest absolute Gasteiger partial charge is 0.376 e. The van der Waals surface area contributed by atoms with Gasteiger partial charge in [0.05, 0.1) is 5.69 Å². The van der Waals surface area contributed by atoms with Crippen LogP contribution in [-0.4, -0.2) is 11.0 Å². The zero-order valence-electron chi connectivity index (χ0n) is 10.8. The quantitative estimate of drug-likeness (QED) is 0.846. The SMILES string of the molecule is NCc1ccc(N(C(=O)c2ccccc2)C(N)=S)cc1. The second kappa shape index (κ2) is 6.27. The van der Waals surface area contributed by atoms with Gasteiger partial charge in [-0.3, -0.25) is 9.69 Å². The van der Waals surface area contributed by atoms with Gasteiger partial charge in [0.25, 0.3) is 5.91 Å². The van der Waals surface area contributed by atoms with Crippen molar-refractivity contribution in [1.82, 2.24) is 0 Å². The lowest BCUT2D eigenvalue weighted by Gasteiger charge is -2.21. The minimum absolute atomic E-state index is 0.0133. The summed E-state index contributed by atoms with van der Waals surface area (Å²) >= 11 is 4.99. The molecule has 2 aromatic rings. The summed E-state index contributed by atoms with van der Waals surface area (Å²) in [6.45, 7) is 0.444. The Morgan fingerprint density at radius 2 is 1.65 bits per heavy atom. The molecule has 20 heavy (non-hydrogen) atoms. The van der Waals surface area contributed by atoms with Crippen LogP contribution in [0, 0.1) is 0 Å². The molecule has 0 saturated carbocycles. The van der Waals surface area contributed by atoms with Crippen LogP contribution in [0.1, 0.15) is 15.9 Å². The van der Waals surface area contributed by atoms with Gasteiger partial charge in [0.1, 0.15) is 0 Å². The van der Waals surface area contributed by atoms with Crippen LogP contribution >= 0.6 is 12.2 Å². The maximum atomic E-state index is 12.5. The van der Waals surface area contributed by atoms with E-state index in [9.17, 15) is 4.79 Å². The van der Waals surface area contributed by atoms with Gasteiger partial charge in [-0.2, -0.15) is 0 Å². The molecule has 0 saturated heterocycles. The third kappa shape index (κ3) is 3.01. The first-order valence-corrected chi connectivity index (χ1v) is 6.52. The van der Waals surface area contributed by atoms with E-state index in [-0.39, 0.29) is 11.0 Å². The first kappa shape index (κ1) is 14.2. The fraction of sp³-hybridized carbons (Fsp3) is 0.0667. The van der Waals surface area contributed by atoms with Crippen molar-refractivity contribution in [2.45, 2.75) is 6.54 Å². The van der Waals surface area contributed by atoms with Crippen LogP contribution in [0.25, 0.3) is 0 Å². The highest BCUT2D eigenvalue weighted by molar-refractivity contribution is 7.80. The minimum atomic E-state index is -0.251. The average Bonchev–Trinajstić information content (AvgIpc) is 2.48. The summed E-state index contributed by atoms with van der Waals surface area (Å²) in [4.78, 5) is 13.8. The van der Waals surface area contributed by atoms with Gasteiger partial charge in [-0.05, 0) is 42.0 Å². The van der Waals surface area contributed by atoms with Crippen LogP contribution in [0.5, 0.6) is 0 Å². The van der Waals surface area contributed by atoms with Crippen molar-refractivity contribution >= 4 is 28.9 Å². The molecule has 0 bridgehead atoms. The smallest absolute Gasteiger partial charge is 0.264 e. The maximum absolute atomic E-state index is 12.5. The molecule has 0 aliphatic rings. The lowest BCUT2D eigenvalue weighted by Crippen LogP contribution is -2.40. The van der Waals surface area contributed by atoms with Crippen LogP contribution < -0.4 is 16.4 Å². The predicted molar refractivity (Wildman–Crippen MR) is 84.4 cm³/mol. The molecular formula is C15H15N3OS. The number of amides is 1. The Kier molecular flexibility index (Phi) is 4.45. The van der Waals surface area contributed by atoms with Crippen LogP contribution in [-0.2, 0) is 6.54 Å². The van der Waals surface area contributed by atoms with E-state index in [1.165, 1.54) is 4.90 Å². The first-order valence-electron chi connectivity index (χ1n) is 6.11. The summed E-state index contributed by atoms with van der Waals surface area (Å²) < 4.78 is 0. The van der Waals surface area contributed by atoms with Gasteiger partial charge >= 0.3 is 0 Å². The third-order valence-corrected chi connectivity index (χ3v) is 3.06. The number of carbonyl (C=O) groups is 1. The molecular weight excluding hydrogens is 270 g/mol. The molecule has 1 amide bonds. The summed E-state index contributed by atoms with van der Waals surface area (Å²) in [5, 5.41) is 0.0133. The van der Waals surface area contributed by atoms with E-state index in [2.05, 4.69) is 0 Å². The number of hydrogen-bond acceptors (Lipinski definition) is 3. The van der Waals surface area contributed by atoms with Crippen molar-refractivity contribution in [1.29, 1.82) is 0 Å². The molecule has 0 aromatic heterocycles. The fourth-order valence-corrected chi connectivity index (χ4v) is 2.02. The Balaban J connectivity index is 2.36. The fourth-order valence-electron chi connectivity index (χ4n) is 1.84. The zero-order valence-corrected chi connectivity index (χ0v) is 11.6. The van der Waals surface area contributed by atoms with Gasteiger partial charge in [0.15, 0.2) is 5.11 Å². The van der Waals surface area contributed by atoms with Gasteiger partial charge in [-0.25, -0.2) is 0 Å². The number of hydrogen-bond donors (Lipinski definition) is 2. The van der Waals surface area contributed by atoms with Crippen LogP contribution in [0.15, 0.2) is 54.6 Å². The number of nitrogens with two attached hydrogens (primary N) is 2. The highest BCUT2D eigenvalue weighted by atomic mass is 32.1. The summed E-state index contributed by atoms with van der Waals surface area (Å²) in [6, 6.07) is 16.1. The molecule has 0 aliphatic heterocycles. The summed E-state index contributed by atoms with van der Waals surface area (Å²) in [5.74, 6) is -0.251. The van der Waals surface area contributed by atoms with E-state index >= 15 is 0 Å². The van der Waals surface area contributed by atoms with Crippen LogP contribution in [0.2, 0.25) is 0 Å². The third-order valence-electron chi connectivity index (χ3n) is 2.87. The standard InChI is InChI=1S/C15H15N3OS/c16-10-11-6-8-13(9-7-11)18(15(17)20)14(19)12-4-2-1-3-5-12/h1-9H,10,16H2,(H2,17,20). The molecule has 5 heteroatoms. The molecule has 0 spiro atoms. The van der Waals surface area contributed by atoms with Crippen LogP contribution in [0.3, 0.4) is 0 Å². The highest BCUT2D eigenvalue weighted by Crippen LogP contribution is 2.18. The van der Waals surface area contributed by atoms with Crippen molar-refractivity contribution in [2.75, 3.05) is 4.90 Å². The summed E-state index contributed by atoms with van der Waals surface area (Å²) in [5.41, 5.74) is 13.4. The van der Waals surface area contributed by atoms with Crippen molar-refractivity contribution in [3.63, 3.8) is 0 Å². The lowest BCUT2D eigenvalue weighted by atomic mass is 10.1. The van der Waals surface area contributed by atoms with Gasteiger partial charge in [-0.15, -0.1) is 0 Å². The highest BCUT2D eigenvalue weighted by Gasteiger charge is 2.19.